The first-order valence-electron chi connectivity index (χ1n) is 26.5. The molecule has 0 aliphatic heterocycles. The first kappa shape index (κ1) is 58.6. The number of phenols is 6. The summed E-state index contributed by atoms with van der Waals surface area (Å²) >= 11 is 0. The highest BCUT2D eigenvalue weighted by Gasteiger charge is 2.30. The summed E-state index contributed by atoms with van der Waals surface area (Å²) in [6, 6.07) is 37.4. The number of halogens is 3. The number of alkyl halides is 3. The number of hydrogen-bond donors (Lipinski definition) is 10. The second-order valence-corrected chi connectivity index (χ2v) is 19.0. The third kappa shape index (κ3) is 22.1. The Morgan fingerprint density at radius 3 is 1.14 bits per heavy atom. The molecule has 10 N–H and O–H groups in total. The third-order valence-electron chi connectivity index (χ3n) is 13.2. The fourth-order valence-electron chi connectivity index (χ4n) is 9.01. The first-order valence-corrected chi connectivity index (χ1v) is 26.5. The maximum Gasteiger partial charge on any atom is 0.416 e. The SMILES string of the molecule is Oc1cc(O)cc(CCc2c(CCNCCCCCCNCCc3ccccc3)ccc(O)c2O)c1.Oc1ccc(CCNCCCCCCNCCc2ccccc2)c(CCc2cccc(C(F)(F)F)c2)c1O. The van der Waals surface area contributed by atoms with Crippen molar-refractivity contribution in [3.8, 4) is 34.5 Å². The molecule has 0 atom stereocenters. The number of nitrogens with one attached hydrogen (secondary N) is 4. The molecule has 6 aromatic carbocycles. The van der Waals surface area contributed by atoms with Crippen molar-refractivity contribution in [1.29, 1.82) is 0 Å². The minimum Gasteiger partial charge on any atom is -0.508 e. The monoisotopic (exact) mass is 1020 g/mol. The zero-order chi connectivity index (χ0) is 52.8. The van der Waals surface area contributed by atoms with E-state index in [2.05, 4.69) is 75.9 Å². The zero-order valence-electron chi connectivity index (χ0n) is 42.9. The van der Waals surface area contributed by atoms with Gasteiger partial charge in [-0.2, -0.15) is 13.2 Å². The van der Waals surface area contributed by atoms with Gasteiger partial charge in [0.15, 0.2) is 23.0 Å². The van der Waals surface area contributed by atoms with E-state index in [4.69, 9.17) is 0 Å². The minimum atomic E-state index is -4.39. The van der Waals surface area contributed by atoms with Crippen LogP contribution in [0.5, 0.6) is 34.5 Å². The van der Waals surface area contributed by atoms with E-state index in [-0.39, 0.29) is 34.5 Å². The van der Waals surface area contributed by atoms with Crippen molar-refractivity contribution in [2.24, 2.45) is 0 Å². The molecule has 0 saturated heterocycles. The highest BCUT2D eigenvalue weighted by Crippen LogP contribution is 2.35. The van der Waals surface area contributed by atoms with Crippen LogP contribution >= 0.6 is 0 Å². The van der Waals surface area contributed by atoms with Crippen LogP contribution in [0.4, 0.5) is 13.2 Å². The lowest BCUT2D eigenvalue weighted by Crippen LogP contribution is -2.20. The van der Waals surface area contributed by atoms with Crippen molar-refractivity contribution in [1.82, 2.24) is 21.3 Å². The van der Waals surface area contributed by atoms with Gasteiger partial charge >= 0.3 is 6.18 Å². The van der Waals surface area contributed by atoms with Gasteiger partial charge in [-0.05, 0) is 193 Å². The van der Waals surface area contributed by atoms with E-state index in [1.165, 1.54) is 61.1 Å². The Balaban J connectivity index is 0.000000274. The van der Waals surface area contributed by atoms with Gasteiger partial charge in [0.05, 0.1) is 5.56 Å². The molecule has 6 aromatic rings. The van der Waals surface area contributed by atoms with Gasteiger partial charge in [0.1, 0.15) is 11.5 Å². The zero-order valence-corrected chi connectivity index (χ0v) is 42.9. The molecular weight excluding hydrogens is 942 g/mol. The van der Waals surface area contributed by atoms with Crippen molar-refractivity contribution in [2.45, 2.75) is 109 Å². The lowest BCUT2D eigenvalue weighted by Gasteiger charge is -2.14. The molecule has 10 nitrogen and oxygen atoms in total. The van der Waals surface area contributed by atoms with E-state index in [0.717, 1.165) is 126 Å². The molecule has 13 heteroatoms. The number of phenolic OH excluding ortho intramolecular Hbond substituents is 6. The number of aromatic hydroxyl groups is 6. The molecule has 0 amide bonds. The Morgan fingerprint density at radius 2 is 0.716 bits per heavy atom. The van der Waals surface area contributed by atoms with E-state index in [1.54, 1.807) is 24.3 Å². The maximum atomic E-state index is 13.0. The fraction of sp³-hybridized carbons (Fsp3) is 0.410. The largest absolute Gasteiger partial charge is 0.508 e. The van der Waals surface area contributed by atoms with Gasteiger partial charge in [-0.3, -0.25) is 0 Å². The van der Waals surface area contributed by atoms with Crippen LogP contribution in [0.1, 0.15) is 101 Å². The van der Waals surface area contributed by atoms with Gasteiger partial charge in [-0.15, -0.1) is 0 Å². The van der Waals surface area contributed by atoms with Crippen LogP contribution in [0.2, 0.25) is 0 Å². The average molecular weight is 1020 g/mol. The van der Waals surface area contributed by atoms with Crippen LogP contribution in [-0.4, -0.2) is 83.0 Å². The predicted octanol–water partition coefficient (Wildman–Crippen LogP) is 11.2. The molecule has 0 bridgehead atoms. The van der Waals surface area contributed by atoms with Gasteiger partial charge in [0, 0.05) is 17.2 Å². The van der Waals surface area contributed by atoms with Crippen LogP contribution in [-0.2, 0) is 57.5 Å². The highest BCUT2D eigenvalue weighted by molar-refractivity contribution is 5.51. The van der Waals surface area contributed by atoms with Crippen LogP contribution < -0.4 is 21.3 Å². The van der Waals surface area contributed by atoms with Crippen LogP contribution in [0.15, 0.2) is 127 Å². The normalized spacial score (nSPS) is 11.4. The number of aryl methyl sites for hydroxylation is 2. The van der Waals surface area contributed by atoms with Crippen molar-refractivity contribution in [3.05, 3.63) is 177 Å². The van der Waals surface area contributed by atoms with Crippen molar-refractivity contribution in [2.75, 3.05) is 52.4 Å². The van der Waals surface area contributed by atoms with E-state index >= 15 is 0 Å². The van der Waals surface area contributed by atoms with Gasteiger partial charge in [-0.1, -0.05) is 117 Å². The van der Waals surface area contributed by atoms with Gasteiger partial charge in [-0.25, -0.2) is 0 Å². The molecule has 74 heavy (non-hydrogen) atoms. The van der Waals surface area contributed by atoms with Crippen LogP contribution in [0.3, 0.4) is 0 Å². The summed E-state index contributed by atoms with van der Waals surface area (Å²) in [5.74, 6) is -0.603. The van der Waals surface area contributed by atoms with Crippen molar-refractivity contribution in [3.63, 3.8) is 0 Å². The van der Waals surface area contributed by atoms with E-state index < -0.39 is 11.7 Å². The summed E-state index contributed by atoms with van der Waals surface area (Å²) in [5, 5.41) is 74.1. The number of rotatable bonds is 32. The van der Waals surface area contributed by atoms with E-state index in [9.17, 15) is 43.8 Å². The Hall–Kier alpha value is -6.25. The molecule has 0 heterocycles. The van der Waals surface area contributed by atoms with E-state index in [1.807, 2.05) is 12.1 Å². The highest BCUT2D eigenvalue weighted by atomic mass is 19.4. The predicted molar refractivity (Wildman–Crippen MR) is 292 cm³/mol. The molecule has 0 fully saturated rings. The standard InChI is InChI=1S/C31H39F3N2O2.C30H40N2O4/c32-31(33,34)27-12-8-11-25(23-27)13-15-28-26(14-16-29(37)30(28)38)18-22-36-20-7-2-1-6-19-35-21-17-24-9-4-3-5-10-24;33-26-20-24(21-27(34)22-26)10-12-28-25(11-13-29(35)30(28)36)15-19-32-17-7-2-1-6-16-31-18-14-23-8-4-3-5-9-23/h3-5,8-12,14,16,23,35-38H,1-2,6-7,13,15,17-22H2;3-5,8-9,11,13,20-22,31-36H,1-2,6-7,10,12,14-19H2. The number of hydrogen-bond acceptors (Lipinski definition) is 10. The smallest absolute Gasteiger partial charge is 0.416 e. The molecule has 0 spiro atoms. The summed E-state index contributed by atoms with van der Waals surface area (Å²) in [6.45, 7) is 7.52. The summed E-state index contributed by atoms with van der Waals surface area (Å²) < 4.78 is 39.1. The second kappa shape index (κ2) is 32.8. The molecule has 6 rings (SSSR count). The molecule has 0 unspecified atom stereocenters. The van der Waals surface area contributed by atoms with Gasteiger partial charge < -0.3 is 51.9 Å². The Labute approximate surface area is 436 Å². The molecule has 0 saturated carbocycles. The molecule has 0 aliphatic rings. The lowest BCUT2D eigenvalue weighted by atomic mass is 9.96. The Bertz CT molecular complexity index is 2490. The number of unbranched alkanes of at least 4 members (excludes halogenated alkanes) is 6. The van der Waals surface area contributed by atoms with Crippen LogP contribution in [0.25, 0.3) is 0 Å². The van der Waals surface area contributed by atoms with Crippen molar-refractivity contribution >= 4 is 0 Å². The first-order chi connectivity index (χ1) is 35.9. The number of benzene rings is 6. The van der Waals surface area contributed by atoms with Gasteiger partial charge in [0.2, 0.25) is 0 Å². The van der Waals surface area contributed by atoms with Gasteiger partial charge in [0.25, 0.3) is 0 Å². The second-order valence-electron chi connectivity index (χ2n) is 19.0. The molecule has 400 valence electrons. The minimum absolute atomic E-state index is 0.00822. The molecular formula is C61H79F3N4O6. The van der Waals surface area contributed by atoms with Crippen LogP contribution in [0, 0.1) is 0 Å². The maximum absolute atomic E-state index is 13.0. The summed E-state index contributed by atoms with van der Waals surface area (Å²) in [5.41, 5.74) is 6.54. The molecule has 0 radical (unpaired) electrons. The quantitative estimate of drug-likeness (QED) is 0.0145. The Kier molecular flexibility index (Phi) is 26.0. The summed E-state index contributed by atoms with van der Waals surface area (Å²) in [7, 11) is 0. The lowest BCUT2D eigenvalue weighted by molar-refractivity contribution is -0.137. The Morgan fingerprint density at radius 1 is 0.324 bits per heavy atom. The summed E-state index contributed by atoms with van der Waals surface area (Å²) in [4.78, 5) is 0. The topological polar surface area (TPSA) is 170 Å². The average Bonchev–Trinajstić information content (AvgIpc) is 3.39. The third-order valence-corrected chi connectivity index (χ3v) is 13.2. The molecule has 0 aliphatic carbocycles. The summed E-state index contributed by atoms with van der Waals surface area (Å²) in [6.07, 6.45) is 10.2. The van der Waals surface area contributed by atoms with E-state index in [0.29, 0.717) is 48.8 Å². The fourth-order valence-corrected chi connectivity index (χ4v) is 9.01. The van der Waals surface area contributed by atoms with Crippen molar-refractivity contribution < 1.29 is 43.8 Å². The molecule has 0 aromatic heterocycles.